The van der Waals surface area contributed by atoms with Crippen molar-refractivity contribution in [3.05, 3.63) is 14.9 Å². The molecule has 5 heteroatoms. The van der Waals surface area contributed by atoms with E-state index in [1.807, 2.05) is 13.8 Å². The fourth-order valence-electron chi connectivity index (χ4n) is 0.905. The number of halogens is 1. The van der Waals surface area contributed by atoms with E-state index in [4.69, 9.17) is 10.0 Å². The Labute approximate surface area is 78.2 Å². The lowest BCUT2D eigenvalue weighted by Crippen LogP contribution is -2.28. The maximum Gasteiger partial charge on any atom is 0.499 e. The number of thiophene rings is 1. The average Bonchev–Trinajstić information content (AvgIpc) is 2.17. The smallest absolute Gasteiger partial charge is 0.423 e. The van der Waals surface area contributed by atoms with Gasteiger partial charge in [0.15, 0.2) is 0 Å². The Bertz CT molecular complexity index is 272. The Hall–Kier alpha value is 0.165. The zero-order chi connectivity index (χ0) is 8.59. The molecule has 0 aromatic carbocycles. The van der Waals surface area contributed by atoms with E-state index in [2.05, 4.69) is 15.9 Å². The molecule has 1 aromatic rings. The predicted molar refractivity (Wildman–Crippen MR) is 51.3 cm³/mol. The second-order valence-corrected chi connectivity index (χ2v) is 4.38. The first-order chi connectivity index (χ1) is 5.04. The van der Waals surface area contributed by atoms with Crippen LogP contribution in [0.5, 0.6) is 0 Å². The predicted octanol–water partition coefficient (Wildman–Crippen LogP) is 0.807. The van der Waals surface area contributed by atoms with Crippen molar-refractivity contribution in [3.63, 3.8) is 0 Å². The average molecular weight is 235 g/mol. The summed E-state index contributed by atoms with van der Waals surface area (Å²) in [6, 6.07) is 0. The van der Waals surface area contributed by atoms with Crippen molar-refractivity contribution in [3.8, 4) is 0 Å². The van der Waals surface area contributed by atoms with Crippen LogP contribution in [-0.4, -0.2) is 17.2 Å². The van der Waals surface area contributed by atoms with Crippen LogP contribution in [0.25, 0.3) is 0 Å². The Balaban J connectivity index is 3.19. The van der Waals surface area contributed by atoms with Crippen LogP contribution in [0.4, 0.5) is 0 Å². The maximum absolute atomic E-state index is 8.89. The second kappa shape index (κ2) is 3.27. The van der Waals surface area contributed by atoms with Crippen LogP contribution in [0.15, 0.2) is 4.47 Å². The molecule has 0 aliphatic rings. The molecule has 0 saturated carbocycles. The Morgan fingerprint density at radius 3 is 2.09 bits per heavy atom. The van der Waals surface area contributed by atoms with Crippen LogP contribution in [-0.2, 0) is 0 Å². The topological polar surface area (TPSA) is 40.5 Å². The summed E-state index contributed by atoms with van der Waals surface area (Å²) < 4.78 is 1.60. The van der Waals surface area contributed by atoms with Crippen LogP contribution < -0.4 is 4.78 Å². The van der Waals surface area contributed by atoms with E-state index in [0.717, 1.165) is 14.9 Å². The largest absolute Gasteiger partial charge is 0.499 e. The lowest BCUT2D eigenvalue weighted by atomic mass is 9.87. The van der Waals surface area contributed by atoms with E-state index >= 15 is 0 Å². The summed E-state index contributed by atoms with van der Waals surface area (Å²) in [7, 11) is -1.34. The van der Waals surface area contributed by atoms with Gasteiger partial charge in [0, 0.05) is 14.1 Å². The molecule has 1 aromatic heterocycles. The van der Waals surface area contributed by atoms with Gasteiger partial charge < -0.3 is 10.0 Å². The van der Waals surface area contributed by atoms with Gasteiger partial charge in [0.05, 0.1) is 0 Å². The van der Waals surface area contributed by atoms with Gasteiger partial charge in [0.1, 0.15) is 0 Å². The zero-order valence-electron chi connectivity index (χ0n) is 6.26. The Morgan fingerprint density at radius 2 is 1.91 bits per heavy atom. The van der Waals surface area contributed by atoms with Crippen LogP contribution in [0.1, 0.15) is 10.4 Å². The lowest BCUT2D eigenvalue weighted by Gasteiger charge is -1.94. The summed E-state index contributed by atoms with van der Waals surface area (Å²) >= 11 is 4.76. The summed E-state index contributed by atoms with van der Waals surface area (Å²) in [4.78, 5) is 1.07. The molecule has 0 unspecified atom stereocenters. The molecule has 0 atom stereocenters. The third-order valence-electron chi connectivity index (χ3n) is 1.51. The molecule has 0 spiro atoms. The van der Waals surface area contributed by atoms with Crippen molar-refractivity contribution in [2.45, 2.75) is 13.8 Å². The van der Waals surface area contributed by atoms with E-state index in [-0.39, 0.29) is 0 Å². The quantitative estimate of drug-likeness (QED) is 0.707. The summed E-state index contributed by atoms with van der Waals surface area (Å²) in [5.74, 6) is 0. The minimum atomic E-state index is -1.34. The first kappa shape index (κ1) is 9.25. The second-order valence-electron chi connectivity index (χ2n) is 2.34. The van der Waals surface area contributed by atoms with Crippen LogP contribution >= 0.6 is 27.3 Å². The first-order valence-electron chi connectivity index (χ1n) is 3.15. The van der Waals surface area contributed by atoms with Gasteiger partial charge in [-0.1, -0.05) is 0 Å². The number of hydrogen-bond acceptors (Lipinski definition) is 3. The van der Waals surface area contributed by atoms with Gasteiger partial charge in [-0.25, -0.2) is 0 Å². The molecular formula is C6H8BBrO2S. The first-order valence-corrected chi connectivity index (χ1v) is 4.76. The third kappa shape index (κ3) is 1.67. The number of rotatable bonds is 1. The fourth-order valence-corrected chi connectivity index (χ4v) is 2.43. The molecule has 0 radical (unpaired) electrons. The van der Waals surface area contributed by atoms with E-state index in [9.17, 15) is 0 Å². The molecular weight excluding hydrogens is 227 g/mol. The normalized spacial score (nSPS) is 10.3. The summed E-state index contributed by atoms with van der Waals surface area (Å²) in [5, 5.41) is 17.8. The molecule has 2 nitrogen and oxygen atoms in total. The third-order valence-corrected chi connectivity index (χ3v) is 4.20. The molecule has 0 aliphatic carbocycles. The van der Waals surface area contributed by atoms with Crippen molar-refractivity contribution >= 4 is 39.2 Å². The SMILES string of the molecule is Cc1sc(B(O)O)c(C)c1Br. The van der Waals surface area contributed by atoms with Gasteiger partial charge >= 0.3 is 7.12 Å². The van der Waals surface area contributed by atoms with E-state index in [0.29, 0.717) is 4.78 Å². The van der Waals surface area contributed by atoms with Crippen LogP contribution in [0, 0.1) is 13.8 Å². The molecule has 0 amide bonds. The molecule has 0 saturated heterocycles. The van der Waals surface area contributed by atoms with Crippen molar-refractivity contribution in [1.29, 1.82) is 0 Å². The summed E-state index contributed by atoms with van der Waals surface area (Å²) in [5.41, 5.74) is 0.919. The van der Waals surface area contributed by atoms with Gasteiger partial charge in [-0.2, -0.15) is 0 Å². The molecule has 0 bridgehead atoms. The Kier molecular flexibility index (Phi) is 2.75. The van der Waals surface area contributed by atoms with E-state index in [1.165, 1.54) is 11.3 Å². The van der Waals surface area contributed by atoms with Crippen molar-refractivity contribution in [1.82, 2.24) is 0 Å². The molecule has 0 aliphatic heterocycles. The highest BCUT2D eigenvalue weighted by Crippen LogP contribution is 2.24. The van der Waals surface area contributed by atoms with Gasteiger partial charge in [-0.15, -0.1) is 11.3 Å². The highest BCUT2D eigenvalue weighted by molar-refractivity contribution is 9.10. The molecule has 2 N–H and O–H groups in total. The van der Waals surface area contributed by atoms with Gasteiger partial charge in [0.2, 0.25) is 0 Å². The van der Waals surface area contributed by atoms with Crippen LogP contribution in [0.2, 0.25) is 0 Å². The maximum atomic E-state index is 8.89. The minimum absolute atomic E-state index is 0.620. The van der Waals surface area contributed by atoms with E-state index < -0.39 is 7.12 Å². The van der Waals surface area contributed by atoms with Crippen LogP contribution in [0.3, 0.4) is 0 Å². The van der Waals surface area contributed by atoms with Crippen molar-refractivity contribution in [2.24, 2.45) is 0 Å². The van der Waals surface area contributed by atoms with Crippen molar-refractivity contribution in [2.75, 3.05) is 0 Å². The number of aryl methyl sites for hydroxylation is 1. The molecule has 1 rings (SSSR count). The van der Waals surface area contributed by atoms with Gasteiger partial charge in [0.25, 0.3) is 0 Å². The molecule has 60 valence electrons. The summed E-state index contributed by atoms with van der Waals surface area (Å²) in [6.45, 7) is 3.80. The van der Waals surface area contributed by atoms with Gasteiger partial charge in [-0.05, 0) is 35.3 Å². The standard InChI is InChI=1S/C6H8BBrO2S/c1-3-5(8)4(2)11-6(3)7(9)10/h9-10H,1-2H3. The zero-order valence-corrected chi connectivity index (χ0v) is 8.66. The Morgan fingerprint density at radius 1 is 1.36 bits per heavy atom. The monoisotopic (exact) mass is 234 g/mol. The number of hydrogen-bond donors (Lipinski definition) is 2. The lowest BCUT2D eigenvalue weighted by molar-refractivity contribution is 0.426. The van der Waals surface area contributed by atoms with Crippen molar-refractivity contribution < 1.29 is 10.0 Å². The molecule has 1 heterocycles. The molecule has 0 fully saturated rings. The highest BCUT2D eigenvalue weighted by atomic mass is 79.9. The highest BCUT2D eigenvalue weighted by Gasteiger charge is 2.19. The molecule has 11 heavy (non-hydrogen) atoms. The fraction of sp³-hybridized carbons (Fsp3) is 0.333. The minimum Gasteiger partial charge on any atom is -0.423 e. The summed E-state index contributed by atoms with van der Waals surface area (Å²) in [6.07, 6.45) is 0. The van der Waals surface area contributed by atoms with E-state index in [1.54, 1.807) is 0 Å². The van der Waals surface area contributed by atoms with Gasteiger partial charge in [-0.3, -0.25) is 0 Å².